The van der Waals surface area contributed by atoms with Gasteiger partial charge in [0.15, 0.2) is 0 Å². The van der Waals surface area contributed by atoms with Gasteiger partial charge in [-0.15, -0.1) is 0 Å². The molecular weight excluding hydrogens is 238 g/mol. The van der Waals surface area contributed by atoms with Crippen LogP contribution in [0.4, 0.5) is 0 Å². The lowest BCUT2D eigenvalue weighted by molar-refractivity contribution is 0.268. The molecule has 0 saturated carbocycles. The topological polar surface area (TPSA) is 49.9 Å². The molecule has 0 saturated heterocycles. The molecule has 0 radical (unpaired) electrons. The predicted molar refractivity (Wildman–Crippen MR) is 75.9 cm³/mol. The van der Waals surface area contributed by atoms with Gasteiger partial charge in [-0.2, -0.15) is 0 Å². The van der Waals surface area contributed by atoms with Crippen LogP contribution in [-0.4, -0.2) is 16.6 Å². The molecule has 2 aromatic rings. The van der Waals surface area contributed by atoms with E-state index in [4.69, 9.17) is 4.74 Å². The average Bonchev–Trinajstić information content (AvgIpc) is 2.91. The highest BCUT2D eigenvalue weighted by Crippen LogP contribution is 2.18. The Labute approximate surface area is 114 Å². The van der Waals surface area contributed by atoms with Gasteiger partial charge in [0.2, 0.25) is 0 Å². The highest BCUT2D eigenvalue weighted by molar-refractivity contribution is 5.33. The number of H-pyrrole nitrogens is 1. The summed E-state index contributed by atoms with van der Waals surface area (Å²) >= 11 is 0. The van der Waals surface area contributed by atoms with Crippen molar-refractivity contribution in [1.82, 2.24) is 15.3 Å². The van der Waals surface area contributed by atoms with Gasteiger partial charge in [0.1, 0.15) is 11.6 Å². The number of hydrogen-bond donors (Lipinski definition) is 2. The third-order valence-electron chi connectivity index (χ3n) is 2.71. The molecule has 102 valence electrons. The van der Waals surface area contributed by atoms with Crippen molar-refractivity contribution in [2.45, 2.75) is 26.9 Å². The summed E-state index contributed by atoms with van der Waals surface area (Å²) < 4.78 is 5.82. The van der Waals surface area contributed by atoms with Crippen LogP contribution in [0.25, 0.3) is 0 Å². The molecule has 4 nitrogen and oxygen atoms in total. The van der Waals surface area contributed by atoms with Crippen molar-refractivity contribution in [3.63, 3.8) is 0 Å². The summed E-state index contributed by atoms with van der Waals surface area (Å²) in [7, 11) is 0. The number of nitrogens with one attached hydrogen (secondary N) is 2. The average molecular weight is 259 g/mol. The second-order valence-corrected chi connectivity index (χ2v) is 4.95. The van der Waals surface area contributed by atoms with E-state index < -0.39 is 0 Å². The van der Waals surface area contributed by atoms with Crippen LogP contribution in [0, 0.1) is 5.92 Å². The lowest BCUT2D eigenvalue weighted by Gasteiger charge is -2.13. The van der Waals surface area contributed by atoms with E-state index in [1.807, 2.05) is 24.4 Å². The summed E-state index contributed by atoms with van der Waals surface area (Å²) in [6.45, 7) is 6.55. The first-order valence-electron chi connectivity index (χ1n) is 6.65. The van der Waals surface area contributed by atoms with Crippen LogP contribution in [0.2, 0.25) is 0 Å². The van der Waals surface area contributed by atoms with E-state index in [1.54, 1.807) is 6.20 Å². The maximum atomic E-state index is 5.82. The minimum atomic E-state index is 0.532. The quantitative estimate of drug-likeness (QED) is 0.804. The molecule has 0 unspecified atom stereocenters. The van der Waals surface area contributed by atoms with E-state index in [2.05, 4.69) is 35.2 Å². The lowest BCUT2D eigenvalue weighted by Crippen LogP contribution is -2.15. The zero-order valence-electron chi connectivity index (χ0n) is 11.5. The van der Waals surface area contributed by atoms with Gasteiger partial charge < -0.3 is 15.0 Å². The molecular formula is C15H21N3O. The van der Waals surface area contributed by atoms with Crippen molar-refractivity contribution in [1.29, 1.82) is 0 Å². The van der Waals surface area contributed by atoms with Gasteiger partial charge in [-0.25, -0.2) is 4.98 Å². The maximum absolute atomic E-state index is 5.82. The van der Waals surface area contributed by atoms with Crippen molar-refractivity contribution in [3.05, 3.63) is 48.0 Å². The summed E-state index contributed by atoms with van der Waals surface area (Å²) in [6.07, 6.45) is 3.59. The van der Waals surface area contributed by atoms with Crippen molar-refractivity contribution in [2.75, 3.05) is 6.61 Å². The molecule has 0 bridgehead atoms. The highest BCUT2D eigenvalue weighted by atomic mass is 16.5. The Balaban J connectivity index is 1.88. The molecule has 0 aliphatic carbocycles. The first-order valence-corrected chi connectivity index (χ1v) is 6.65. The van der Waals surface area contributed by atoms with Crippen molar-refractivity contribution in [3.8, 4) is 5.75 Å². The number of imidazole rings is 1. The molecule has 0 spiro atoms. The molecule has 0 aliphatic heterocycles. The van der Waals surface area contributed by atoms with Crippen molar-refractivity contribution < 1.29 is 4.74 Å². The van der Waals surface area contributed by atoms with Crippen LogP contribution < -0.4 is 10.1 Å². The SMILES string of the molecule is CC(C)COc1ccccc1CNCc1ncc[nH]1. The van der Waals surface area contributed by atoms with Crippen molar-refractivity contribution >= 4 is 0 Å². The van der Waals surface area contributed by atoms with E-state index in [0.29, 0.717) is 5.92 Å². The summed E-state index contributed by atoms with van der Waals surface area (Å²) in [5, 5.41) is 3.36. The number of benzene rings is 1. The first kappa shape index (κ1) is 13.6. The number of aromatic amines is 1. The predicted octanol–water partition coefficient (Wildman–Crippen LogP) is 2.73. The van der Waals surface area contributed by atoms with Crippen LogP contribution in [0.5, 0.6) is 5.75 Å². The Morgan fingerprint density at radius 1 is 1.26 bits per heavy atom. The molecule has 0 atom stereocenters. The molecule has 1 aromatic heterocycles. The van der Waals surface area contributed by atoms with E-state index >= 15 is 0 Å². The Kier molecular flexibility index (Phi) is 4.98. The summed E-state index contributed by atoms with van der Waals surface area (Å²) in [5.74, 6) is 2.44. The molecule has 0 amide bonds. The molecule has 4 heteroatoms. The van der Waals surface area contributed by atoms with Crippen LogP contribution in [0.1, 0.15) is 25.2 Å². The molecule has 1 heterocycles. The Hall–Kier alpha value is -1.81. The highest BCUT2D eigenvalue weighted by Gasteiger charge is 2.04. The van der Waals surface area contributed by atoms with Gasteiger partial charge >= 0.3 is 0 Å². The third kappa shape index (κ3) is 4.41. The minimum absolute atomic E-state index is 0.532. The molecule has 2 rings (SSSR count). The Morgan fingerprint density at radius 3 is 2.84 bits per heavy atom. The molecule has 2 N–H and O–H groups in total. The zero-order chi connectivity index (χ0) is 13.5. The summed E-state index contributed by atoms with van der Waals surface area (Å²) in [6, 6.07) is 8.15. The number of nitrogens with zero attached hydrogens (tertiary/aromatic N) is 1. The van der Waals surface area contributed by atoms with E-state index in [-0.39, 0.29) is 0 Å². The van der Waals surface area contributed by atoms with Crippen molar-refractivity contribution in [2.24, 2.45) is 5.92 Å². The van der Waals surface area contributed by atoms with Crippen LogP contribution >= 0.6 is 0 Å². The number of rotatable bonds is 7. The Bertz CT molecular complexity index is 480. The fourth-order valence-electron chi connectivity index (χ4n) is 1.76. The maximum Gasteiger partial charge on any atom is 0.123 e. The van der Waals surface area contributed by atoms with Gasteiger partial charge in [0.05, 0.1) is 13.2 Å². The first-order chi connectivity index (χ1) is 9.25. The van der Waals surface area contributed by atoms with E-state index in [1.165, 1.54) is 5.56 Å². The number of para-hydroxylation sites is 1. The van der Waals surface area contributed by atoms with Gasteiger partial charge in [-0.1, -0.05) is 32.0 Å². The fraction of sp³-hybridized carbons (Fsp3) is 0.400. The smallest absolute Gasteiger partial charge is 0.123 e. The number of ether oxygens (including phenoxy) is 1. The second kappa shape index (κ2) is 6.95. The number of aromatic nitrogens is 2. The summed E-state index contributed by atoms with van der Waals surface area (Å²) in [4.78, 5) is 7.25. The molecule has 19 heavy (non-hydrogen) atoms. The van der Waals surface area contributed by atoms with E-state index in [0.717, 1.165) is 31.3 Å². The molecule has 0 fully saturated rings. The third-order valence-corrected chi connectivity index (χ3v) is 2.71. The van der Waals surface area contributed by atoms with E-state index in [9.17, 15) is 0 Å². The van der Waals surface area contributed by atoms with Gasteiger partial charge in [-0.3, -0.25) is 0 Å². The fourth-order valence-corrected chi connectivity index (χ4v) is 1.76. The number of hydrogen-bond acceptors (Lipinski definition) is 3. The standard InChI is InChI=1S/C15H21N3O/c1-12(2)11-19-14-6-4-3-5-13(14)9-16-10-15-17-7-8-18-15/h3-8,12,16H,9-11H2,1-2H3,(H,17,18). The second-order valence-electron chi connectivity index (χ2n) is 4.95. The van der Waals surface area contributed by atoms with Gasteiger partial charge in [0.25, 0.3) is 0 Å². The van der Waals surface area contributed by atoms with Crippen LogP contribution in [0.3, 0.4) is 0 Å². The minimum Gasteiger partial charge on any atom is -0.493 e. The monoisotopic (exact) mass is 259 g/mol. The molecule has 1 aromatic carbocycles. The lowest BCUT2D eigenvalue weighted by atomic mass is 10.2. The zero-order valence-corrected chi connectivity index (χ0v) is 11.5. The normalized spacial score (nSPS) is 10.9. The van der Waals surface area contributed by atoms with Crippen LogP contribution in [-0.2, 0) is 13.1 Å². The summed E-state index contributed by atoms with van der Waals surface area (Å²) in [5.41, 5.74) is 1.18. The van der Waals surface area contributed by atoms with Gasteiger partial charge in [-0.05, 0) is 12.0 Å². The van der Waals surface area contributed by atoms with Gasteiger partial charge in [0, 0.05) is 24.5 Å². The molecule has 0 aliphatic rings. The largest absolute Gasteiger partial charge is 0.493 e. The van der Waals surface area contributed by atoms with Crippen LogP contribution in [0.15, 0.2) is 36.7 Å². The Morgan fingerprint density at radius 2 is 2.11 bits per heavy atom.